The lowest BCUT2D eigenvalue weighted by Crippen LogP contribution is -1.92. The van der Waals surface area contributed by atoms with Crippen LogP contribution in [0, 0.1) is 0 Å². The van der Waals surface area contributed by atoms with Gasteiger partial charge in [0.1, 0.15) is 0 Å². The minimum atomic E-state index is 0.355. The molecule has 1 aromatic heterocycles. The molecule has 2 aromatic rings. The van der Waals surface area contributed by atoms with E-state index in [0.29, 0.717) is 16.7 Å². The summed E-state index contributed by atoms with van der Waals surface area (Å²) in [6, 6.07) is 3.60. The van der Waals surface area contributed by atoms with E-state index < -0.39 is 0 Å². The summed E-state index contributed by atoms with van der Waals surface area (Å²) in [5.74, 6) is 1.27. The molecule has 15 heavy (non-hydrogen) atoms. The zero-order valence-electron chi connectivity index (χ0n) is 8.32. The third-order valence-electron chi connectivity index (χ3n) is 2.12. The molecule has 0 aliphatic carbocycles. The van der Waals surface area contributed by atoms with Crippen LogP contribution in [-0.4, -0.2) is 24.4 Å². The topological polar surface area (TPSA) is 44.2 Å². The summed E-state index contributed by atoms with van der Waals surface area (Å²) in [4.78, 5) is 0. The third-order valence-corrected chi connectivity index (χ3v) is 2.40. The minimum Gasteiger partial charge on any atom is -0.493 e. The number of methoxy groups -OCH3 is 2. The first-order valence-electron chi connectivity index (χ1n) is 4.29. The van der Waals surface area contributed by atoms with Crippen LogP contribution in [0.3, 0.4) is 0 Å². The van der Waals surface area contributed by atoms with Gasteiger partial charge in [-0.1, -0.05) is 11.6 Å². The number of aromatic nitrogens is 2. The van der Waals surface area contributed by atoms with Crippen molar-refractivity contribution in [3.05, 3.63) is 23.5 Å². The normalized spacial score (nSPS) is 10.3. The molecule has 0 saturated carbocycles. The number of benzene rings is 1. The SMILES string of the molecule is COc1cc2cnnc(Cl)c2cc1OC. The zero-order valence-corrected chi connectivity index (χ0v) is 9.08. The molecular weight excluding hydrogens is 216 g/mol. The third kappa shape index (κ3) is 1.68. The fourth-order valence-corrected chi connectivity index (χ4v) is 1.58. The second kappa shape index (κ2) is 3.90. The van der Waals surface area contributed by atoms with Gasteiger partial charge in [-0.3, -0.25) is 0 Å². The average molecular weight is 225 g/mol. The van der Waals surface area contributed by atoms with Crippen LogP contribution in [0.2, 0.25) is 5.15 Å². The number of hydrogen-bond acceptors (Lipinski definition) is 4. The first-order valence-corrected chi connectivity index (χ1v) is 4.67. The summed E-state index contributed by atoms with van der Waals surface area (Å²) < 4.78 is 10.3. The highest BCUT2D eigenvalue weighted by molar-refractivity contribution is 6.34. The summed E-state index contributed by atoms with van der Waals surface area (Å²) in [7, 11) is 3.16. The molecule has 0 aliphatic rings. The molecule has 0 aliphatic heterocycles. The molecule has 4 nitrogen and oxygen atoms in total. The molecule has 1 aromatic carbocycles. The van der Waals surface area contributed by atoms with E-state index >= 15 is 0 Å². The highest BCUT2D eigenvalue weighted by Gasteiger charge is 2.08. The van der Waals surface area contributed by atoms with Crippen molar-refractivity contribution in [2.75, 3.05) is 14.2 Å². The lowest BCUT2D eigenvalue weighted by atomic mass is 10.2. The van der Waals surface area contributed by atoms with Crippen LogP contribution in [-0.2, 0) is 0 Å². The highest BCUT2D eigenvalue weighted by Crippen LogP contribution is 2.33. The van der Waals surface area contributed by atoms with Crippen molar-refractivity contribution in [2.24, 2.45) is 0 Å². The van der Waals surface area contributed by atoms with Crippen LogP contribution in [0.4, 0.5) is 0 Å². The van der Waals surface area contributed by atoms with E-state index in [2.05, 4.69) is 10.2 Å². The Kier molecular flexibility index (Phi) is 2.60. The maximum Gasteiger partial charge on any atom is 0.161 e. The molecule has 1 heterocycles. The molecule has 78 valence electrons. The Morgan fingerprint density at radius 2 is 1.80 bits per heavy atom. The Balaban J connectivity index is 2.75. The second-order valence-electron chi connectivity index (χ2n) is 2.93. The molecule has 0 amide bonds. The number of halogens is 1. The maximum atomic E-state index is 5.91. The highest BCUT2D eigenvalue weighted by atomic mass is 35.5. The lowest BCUT2D eigenvalue weighted by molar-refractivity contribution is 0.356. The summed E-state index contributed by atoms with van der Waals surface area (Å²) in [5, 5.41) is 9.54. The second-order valence-corrected chi connectivity index (χ2v) is 3.29. The van der Waals surface area contributed by atoms with Gasteiger partial charge in [-0.25, -0.2) is 0 Å². The van der Waals surface area contributed by atoms with Crippen LogP contribution >= 0.6 is 11.6 Å². The zero-order chi connectivity index (χ0) is 10.8. The van der Waals surface area contributed by atoms with Crippen LogP contribution in [0.15, 0.2) is 18.3 Å². The van der Waals surface area contributed by atoms with Crippen molar-refractivity contribution in [3.63, 3.8) is 0 Å². The van der Waals surface area contributed by atoms with Crippen molar-refractivity contribution in [2.45, 2.75) is 0 Å². The summed E-state index contributed by atoms with van der Waals surface area (Å²) in [6.07, 6.45) is 1.63. The number of hydrogen-bond donors (Lipinski definition) is 0. The first-order chi connectivity index (χ1) is 7.26. The van der Waals surface area contributed by atoms with Crippen molar-refractivity contribution in [3.8, 4) is 11.5 Å². The lowest BCUT2D eigenvalue weighted by Gasteiger charge is -2.08. The molecule has 0 bridgehead atoms. The fourth-order valence-electron chi connectivity index (χ4n) is 1.38. The predicted octanol–water partition coefficient (Wildman–Crippen LogP) is 2.30. The quantitative estimate of drug-likeness (QED) is 0.785. The largest absolute Gasteiger partial charge is 0.493 e. The van der Waals surface area contributed by atoms with Gasteiger partial charge in [0.05, 0.1) is 20.4 Å². The van der Waals surface area contributed by atoms with Crippen LogP contribution < -0.4 is 9.47 Å². The van der Waals surface area contributed by atoms with E-state index in [1.54, 1.807) is 26.5 Å². The van der Waals surface area contributed by atoms with Gasteiger partial charge in [0.2, 0.25) is 0 Å². The van der Waals surface area contributed by atoms with E-state index in [1.807, 2.05) is 6.07 Å². The predicted molar refractivity (Wildman–Crippen MR) is 57.7 cm³/mol. The Morgan fingerprint density at radius 1 is 1.13 bits per heavy atom. The first kappa shape index (κ1) is 9.98. The molecular formula is C10H9ClN2O2. The fraction of sp³-hybridized carbons (Fsp3) is 0.200. The van der Waals surface area contributed by atoms with Gasteiger partial charge in [-0.05, 0) is 12.1 Å². The molecule has 0 atom stereocenters. The maximum absolute atomic E-state index is 5.91. The number of rotatable bonds is 2. The molecule has 0 saturated heterocycles. The minimum absolute atomic E-state index is 0.355. The van der Waals surface area contributed by atoms with Gasteiger partial charge in [0, 0.05) is 10.8 Å². The number of nitrogens with zero attached hydrogens (tertiary/aromatic N) is 2. The Morgan fingerprint density at radius 3 is 2.47 bits per heavy atom. The molecule has 0 fully saturated rings. The molecule has 2 rings (SSSR count). The van der Waals surface area contributed by atoms with Crippen molar-refractivity contribution < 1.29 is 9.47 Å². The van der Waals surface area contributed by atoms with Crippen molar-refractivity contribution in [1.82, 2.24) is 10.2 Å². The summed E-state index contributed by atoms with van der Waals surface area (Å²) >= 11 is 5.91. The Labute approximate surface area is 91.8 Å². The van der Waals surface area contributed by atoms with E-state index in [-0.39, 0.29) is 0 Å². The van der Waals surface area contributed by atoms with Crippen LogP contribution in [0.1, 0.15) is 0 Å². The van der Waals surface area contributed by atoms with Gasteiger partial charge in [0.15, 0.2) is 16.7 Å². The van der Waals surface area contributed by atoms with Gasteiger partial charge < -0.3 is 9.47 Å². The molecule has 0 N–H and O–H groups in total. The summed E-state index contributed by atoms with van der Waals surface area (Å²) in [5.41, 5.74) is 0. The van der Waals surface area contributed by atoms with Gasteiger partial charge in [-0.2, -0.15) is 5.10 Å². The molecule has 0 radical (unpaired) electrons. The Bertz CT molecular complexity index is 502. The smallest absolute Gasteiger partial charge is 0.161 e. The van der Waals surface area contributed by atoms with Crippen molar-refractivity contribution >= 4 is 22.4 Å². The number of fused-ring (bicyclic) bond motifs is 1. The van der Waals surface area contributed by atoms with Crippen molar-refractivity contribution in [1.29, 1.82) is 0 Å². The Hall–Kier alpha value is -1.55. The monoisotopic (exact) mass is 224 g/mol. The van der Waals surface area contributed by atoms with E-state index in [1.165, 1.54) is 0 Å². The standard InChI is InChI=1S/C10H9ClN2O2/c1-14-8-3-6-5-12-13-10(11)7(6)4-9(8)15-2/h3-5H,1-2H3. The van der Waals surface area contributed by atoms with Crippen LogP contribution in [0.5, 0.6) is 11.5 Å². The summed E-state index contributed by atoms with van der Waals surface area (Å²) in [6.45, 7) is 0. The van der Waals surface area contributed by atoms with Gasteiger partial charge in [0.25, 0.3) is 0 Å². The van der Waals surface area contributed by atoms with Gasteiger partial charge >= 0.3 is 0 Å². The molecule has 0 unspecified atom stereocenters. The van der Waals surface area contributed by atoms with E-state index in [0.717, 1.165) is 10.8 Å². The number of ether oxygens (including phenoxy) is 2. The molecule has 5 heteroatoms. The van der Waals surface area contributed by atoms with Gasteiger partial charge in [-0.15, -0.1) is 5.10 Å². The molecule has 0 spiro atoms. The average Bonchev–Trinajstić information content (AvgIpc) is 2.28. The van der Waals surface area contributed by atoms with E-state index in [9.17, 15) is 0 Å². The van der Waals surface area contributed by atoms with Crippen LogP contribution in [0.25, 0.3) is 10.8 Å². The van der Waals surface area contributed by atoms with E-state index in [4.69, 9.17) is 21.1 Å².